The molecule has 0 radical (unpaired) electrons. The van der Waals surface area contributed by atoms with E-state index in [4.69, 9.17) is 0 Å². The van der Waals surface area contributed by atoms with Crippen molar-refractivity contribution in [2.45, 2.75) is 83.6 Å². The Labute approximate surface area is 189 Å². The van der Waals surface area contributed by atoms with E-state index in [0.717, 1.165) is 37.9 Å². The predicted molar refractivity (Wildman–Crippen MR) is 127 cm³/mol. The first kappa shape index (κ1) is 24.4. The summed E-state index contributed by atoms with van der Waals surface area (Å²) in [5.41, 5.74) is 2.12. The largest absolute Gasteiger partial charge is 0.295 e. The second kappa shape index (κ2) is 10.6. The number of sulfonamides is 1. The molecule has 2 fully saturated rings. The fourth-order valence-electron chi connectivity index (χ4n) is 5.31. The van der Waals surface area contributed by atoms with E-state index in [1.165, 1.54) is 24.8 Å². The number of nitrogens with zero attached hydrogens (tertiary/aromatic N) is 2. The van der Waals surface area contributed by atoms with E-state index >= 15 is 0 Å². The minimum atomic E-state index is -3.13. The van der Waals surface area contributed by atoms with Gasteiger partial charge in [0.1, 0.15) is 0 Å². The van der Waals surface area contributed by atoms with Crippen molar-refractivity contribution >= 4 is 15.8 Å². The van der Waals surface area contributed by atoms with Crippen LogP contribution in [0.25, 0.3) is 0 Å². The monoisotopic (exact) mass is 448 g/mol. The quantitative estimate of drug-likeness (QED) is 0.508. The minimum absolute atomic E-state index is 0.0480. The average Bonchev–Trinajstić information content (AvgIpc) is 2.78. The van der Waals surface area contributed by atoms with Gasteiger partial charge in [0.2, 0.25) is 10.0 Å². The summed E-state index contributed by atoms with van der Waals surface area (Å²) in [6.45, 7) is 8.95. The number of rotatable bonds is 9. The summed E-state index contributed by atoms with van der Waals surface area (Å²) >= 11 is 0. The molecule has 1 aliphatic heterocycles. The highest BCUT2D eigenvalue weighted by Gasteiger charge is 2.40. The van der Waals surface area contributed by atoms with Crippen molar-refractivity contribution in [2.24, 2.45) is 0 Å². The third-order valence-electron chi connectivity index (χ3n) is 7.27. The molecule has 3 rings (SSSR count). The molecule has 6 heteroatoms. The predicted octanol–water partition coefficient (Wildman–Crippen LogP) is 4.83. The van der Waals surface area contributed by atoms with Crippen LogP contribution in [0.15, 0.2) is 24.3 Å². The van der Waals surface area contributed by atoms with Crippen LogP contribution in [0, 0.1) is 0 Å². The van der Waals surface area contributed by atoms with Crippen LogP contribution >= 0.6 is 0 Å². The van der Waals surface area contributed by atoms with E-state index in [1.54, 1.807) is 4.31 Å². The van der Waals surface area contributed by atoms with Crippen molar-refractivity contribution in [3.05, 3.63) is 35.4 Å². The molecule has 1 heterocycles. The molecule has 5 nitrogen and oxygen atoms in total. The first-order chi connectivity index (χ1) is 14.8. The van der Waals surface area contributed by atoms with Gasteiger partial charge >= 0.3 is 0 Å². The lowest BCUT2D eigenvalue weighted by molar-refractivity contribution is 0.0165. The van der Waals surface area contributed by atoms with Gasteiger partial charge in [-0.3, -0.25) is 9.69 Å². The van der Waals surface area contributed by atoms with Gasteiger partial charge in [-0.15, -0.1) is 0 Å². The van der Waals surface area contributed by atoms with Crippen LogP contribution in [0.5, 0.6) is 0 Å². The van der Waals surface area contributed by atoms with Gasteiger partial charge in [0, 0.05) is 43.7 Å². The number of hydrogen-bond acceptors (Lipinski definition) is 4. The van der Waals surface area contributed by atoms with Gasteiger partial charge in [0.25, 0.3) is 0 Å². The van der Waals surface area contributed by atoms with E-state index in [-0.39, 0.29) is 17.1 Å². The molecular formula is C25H40N2O3S. The first-order valence-electron chi connectivity index (χ1n) is 12.1. The van der Waals surface area contributed by atoms with Crippen LogP contribution < -0.4 is 0 Å². The maximum atomic E-state index is 12.9. The summed E-state index contributed by atoms with van der Waals surface area (Å²) in [5.74, 6) is 0.932. The number of benzene rings is 1. The molecule has 174 valence electrons. The van der Waals surface area contributed by atoms with Crippen LogP contribution in [0.1, 0.15) is 94.0 Å². The lowest BCUT2D eigenvalue weighted by Gasteiger charge is -2.50. The van der Waals surface area contributed by atoms with E-state index in [2.05, 4.69) is 30.9 Å². The van der Waals surface area contributed by atoms with Gasteiger partial charge in [-0.25, -0.2) is 8.42 Å². The van der Waals surface area contributed by atoms with Crippen molar-refractivity contribution < 1.29 is 13.2 Å². The van der Waals surface area contributed by atoms with Crippen LogP contribution in [0.3, 0.4) is 0 Å². The fraction of sp³-hybridized carbons (Fsp3) is 0.720. The standard InChI is InChI=1S/C25H40N2O3S/c1-4-20-31(29,30)27-18-16-26(17-19-27)25(13-6-5-7-14-25)15-12-24(28)23-10-8-22(9-11-23)21(2)3/h8-11,21H,4-7,12-20H2,1-3H3. The number of hydrogen-bond donors (Lipinski definition) is 0. The Morgan fingerprint density at radius 2 is 1.61 bits per heavy atom. The van der Waals surface area contributed by atoms with E-state index in [1.807, 2.05) is 19.1 Å². The second-order valence-corrected chi connectivity index (χ2v) is 11.8. The zero-order valence-corrected chi connectivity index (χ0v) is 20.4. The van der Waals surface area contributed by atoms with Crippen molar-refractivity contribution in [3.63, 3.8) is 0 Å². The van der Waals surface area contributed by atoms with Crippen molar-refractivity contribution in [2.75, 3.05) is 31.9 Å². The molecule has 31 heavy (non-hydrogen) atoms. The summed E-state index contributed by atoms with van der Waals surface area (Å²) < 4.78 is 26.6. The molecule has 0 amide bonds. The lowest BCUT2D eigenvalue weighted by atomic mass is 9.76. The maximum Gasteiger partial charge on any atom is 0.214 e. The Hall–Kier alpha value is -1.24. The zero-order chi connectivity index (χ0) is 22.5. The summed E-state index contributed by atoms with van der Waals surface area (Å²) in [7, 11) is -3.13. The topological polar surface area (TPSA) is 57.7 Å². The number of carbonyl (C=O) groups is 1. The van der Waals surface area contributed by atoms with E-state index in [0.29, 0.717) is 31.8 Å². The molecule has 1 aliphatic carbocycles. The molecule has 0 bridgehead atoms. The highest BCUT2D eigenvalue weighted by molar-refractivity contribution is 7.89. The maximum absolute atomic E-state index is 12.9. The molecule has 0 N–H and O–H groups in total. The number of Topliss-reactive ketones (excluding diaryl/α,β-unsaturated/α-hetero) is 1. The molecule has 2 aliphatic rings. The van der Waals surface area contributed by atoms with Gasteiger partial charge in [-0.2, -0.15) is 4.31 Å². The molecule has 0 spiro atoms. The smallest absolute Gasteiger partial charge is 0.214 e. The van der Waals surface area contributed by atoms with Gasteiger partial charge in [0.15, 0.2) is 5.78 Å². The molecule has 0 unspecified atom stereocenters. The Bertz CT molecular complexity index is 819. The molecule has 0 atom stereocenters. The highest BCUT2D eigenvalue weighted by Crippen LogP contribution is 2.38. The van der Waals surface area contributed by atoms with Crippen molar-refractivity contribution in [1.82, 2.24) is 9.21 Å². The first-order valence-corrected chi connectivity index (χ1v) is 13.7. The van der Waals surface area contributed by atoms with Crippen molar-refractivity contribution in [3.8, 4) is 0 Å². The van der Waals surface area contributed by atoms with Crippen LogP contribution in [0.2, 0.25) is 0 Å². The van der Waals surface area contributed by atoms with Crippen LogP contribution in [-0.4, -0.2) is 60.9 Å². The Kier molecular flexibility index (Phi) is 8.33. The fourth-order valence-corrected chi connectivity index (χ4v) is 6.80. The molecule has 1 aromatic carbocycles. The van der Waals surface area contributed by atoms with Gasteiger partial charge in [-0.1, -0.05) is 64.3 Å². The molecule has 1 aromatic rings. The SMILES string of the molecule is CCCS(=O)(=O)N1CCN(C2(CCC(=O)c3ccc(C(C)C)cc3)CCCCC2)CC1. The summed E-state index contributed by atoms with van der Waals surface area (Å²) in [6.07, 6.45) is 8.00. The van der Waals surface area contributed by atoms with Crippen molar-refractivity contribution in [1.29, 1.82) is 0 Å². The Morgan fingerprint density at radius 3 is 2.16 bits per heavy atom. The molecule has 1 saturated heterocycles. The average molecular weight is 449 g/mol. The third kappa shape index (κ3) is 5.96. The Balaban J connectivity index is 1.64. The second-order valence-electron chi connectivity index (χ2n) is 9.69. The summed E-state index contributed by atoms with van der Waals surface area (Å²) in [4.78, 5) is 15.5. The van der Waals surface area contributed by atoms with Gasteiger partial charge < -0.3 is 0 Å². The number of piperazine rings is 1. The minimum Gasteiger partial charge on any atom is -0.295 e. The lowest BCUT2D eigenvalue weighted by Crippen LogP contribution is -2.58. The van der Waals surface area contributed by atoms with E-state index in [9.17, 15) is 13.2 Å². The highest BCUT2D eigenvalue weighted by atomic mass is 32.2. The Morgan fingerprint density at radius 1 is 1.00 bits per heavy atom. The van der Waals surface area contributed by atoms with Gasteiger partial charge in [-0.05, 0) is 37.2 Å². The van der Waals surface area contributed by atoms with Gasteiger partial charge in [0.05, 0.1) is 5.75 Å². The van der Waals surface area contributed by atoms with Crippen LogP contribution in [-0.2, 0) is 10.0 Å². The third-order valence-corrected chi connectivity index (χ3v) is 9.34. The molecular weight excluding hydrogens is 408 g/mol. The summed E-state index contributed by atoms with van der Waals surface area (Å²) in [6, 6.07) is 8.10. The molecule has 1 saturated carbocycles. The zero-order valence-electron chi connectivity index (χ0n) is 19.6. The number of carbonyl (C=O) groups excluding carboxylic acids is 1. The van der Waals surface area contributed by atoms with Crippen LogP contribution in [0.4, 0.5) is 0 Å². The van der Waals surface area contributed by atoms with E-state index < -0.39 is 10.0 Å². The molecule has 0 aromatic heterocycles. The number of ketones is 1. The normalized spacial score (nSPS) is 20.8. The summed E-state index contributed by atoms with van der Waals surface area (Å²) in [5, 5.41) is 0.